The molecule has 0 bridgehead atoms. The number of aryl methyl sites for hydroxylation is 1. The summed E-state index contributed by atoms with van der Waals surface area (Å²) in [6.07, 6.45) is 3.33. The molecule has 0 saturated heterocycles. The lowest BCUT2D eigenvalue weighted by Crippen LogP contribution is -2.02. The minimum atomic E-state index is -0.996. The zero-order valence-electron chi connectivity index (χ0n) is 14.3. The van der Waals surface area contributed by atoms with Crippen molar-refractivity contribution in [1.82, 2.24) is 10.2 Å². The number of hydrogen-bond donors (Lipinski definition) is 0. The third-order valence-electron chi connectivity index (χ3n) is 3.90. The topological polar surface area (TPSA) is 78.4 Å². The molecule has 2 aromatic carbocycles. The zero-order chi connectivity index (χ0) is 18.1. The number of fused-ring (bicyclic) bond motifs is 1. The summed E-state index contributed by atoms with van der Waals surface area (Å²) in [5.41, 5.74) is 3.57. The van der Waals surface area contributed by atoms with Crippen LogP contribution >= 0.6 is 0 Å². The van der Waals surface area contributed by atoms with Gasteiger partial charge in [-0.15, -0.1) is 10.2 Å². The monoisotopic (exact) mass is 368 g/mol. The van der Waals surface area contributed by atoms with Gasteiger partial charge in [-0.25, -0.2) is 0 Å². The lowest BCUT2D eigenvalue weighted by molar-refractivity contribution is 0.387. The molecule has 0 aliphatic carbocycles. The van der Waals surface area contributed by atoms with Crippen LogP contribution in [0.15, 0.2) is 57.6 Å². The van der Waals surface area contributed by atoms with Gasteiger partial charge in [0.05, 0.1) is 17.1 Å². The van der Waals surface area contributed by atoms with Crippen LogP contribution in [0.1, 0.15) is 5.89 Å². The van der Waals surface area contributed by atoms with Gasteiger partial charge in [0.1, 0.15) is 11.3 Å². The Hall–Kier alpha value is -2.93. The molecule has 0 saturated carbocycles. The fourth-order valence-corrected chi connectivity index (χ4v) is 2.98. The van der Waals surface area contributed by atoms with Gasteiger partial charge in [0, 0.05) is 29.7 Å². The first-order valence-corrected chi connectivity index (χ1v) is 9.68. The molecule has 0 fully saturated rings. The van der Waals surface area contributed by atoms with E-state index in [0.717, 1.165) is 27.7 Å². The summed E-state index contributed by atoms with van der Waals surface area (Å²) in [5, 5.41) is 8.90. The predicted octanol–water partition coefficient (Wildman–Crippen LogP) is 4.17. The van der Waals surface area contributed by atoms with Crippen molar-refractivity contribution in [2.45, 2.75) is 6.92 Å². The van der Waals surface area contributed by atoms with Crippen LogP contribution in [0, 0.1) is 6.92 Å². The molecule has 2 aromatic heterocycles. The van der Waals surface area contributed by atoms with Gasteiger partial charge in [0.2, 0.25) is 11.8 Å². The SMILES string of the molecule is Cc1nnc(-c2ccc3occ(-c4ccc(OCS(C)=O)cc4)c3c2)o1. The molecule has 0 aliphatic heterocycles. The molecule has 0 amide bonds. The average molecular weight is 368 g/mol. The van der Waals surface area contributed by atoms with Gasteiger partial charge in [-0.1, -0.05) is 12.1 Å². The predicted molar refractivity (Wildman–Crippen MR) is 99.2 cm³/mol. The van der Waals surface area contributed by atoms with Gasteiger partial charge in [-0.2, -0.15) is 0 Å². The second-order valence-electron chi connectivity index (χ2n) is 5.85. The van der Waals surface area contributed by atoms with E-state index in [1.54, 1.807) is 19.4 Å². The Balaban J connectivity index is 1.69. The van der Waals surface area contributed by atoms with Gasteiger partial charge in [0.15, 0.2) is 5.94 Å². The highest BCUT2D eigenvalue weighted by molar-refractivity contribution is 7.84. The van der Waals surface area contributed by atoms with Crippen LogP contribution in [0.4, 0.5) is 0 Å². The van der Waals surface area contributed by atoms with Crippen molar-refractivity contribution in [2.75, 3.05) is 12.2 Å². The van der Waals surface area contributed by atoms with Crippen molar-refractivity contribution in [3.63, 3.8) is 0 Å². The summed E-state index contributed by atoms with van der Waals surface area (Å²) in [5.74, 6) is 1.86. The normalized spacial score (nSPS) is 12.4. The van der Waals surface area contributed by atoms with Crippen molar-refractivity contribution in [3.05, 3.63) is 54.6 Å². The van der Waals surface area contributed by atoms with Crippen molar-refractivity contribution in [1.29, 1.82) is 0 Å². The van der Waals surface area contributed by atoms with Gasteiger partial charge < -0.3 is 13.6 Å². The quantitative estimate of drug-likeness (QED) is 0.526. The van der Waals surface area contributed by atoms with E-state index < -0.39 is 10.8 Å². The molecule has 6 nitrogen and oxygen atoms in total. The molecule has 0 aliphatic rings. The second kappa shape index (κ2) is 6.76. The lowest BCUT2D eigenvalue weighted by Gasteiger charge is -2.05. The summed E-state index contributed by atoms with van der Waals surface area (Å²) in [7, 11) is -0.996. The highest BCUT2D eigenvalue weighted by Gasteiger charge is 2.12. The average Bonchev–Trinajstić information content (AvgIpc) is 3.26. The smallest absolute Gasteiger partial charge is 0.247 e. The third kappa shape index (κ3) is 3.25. The minimum absolute atomic E-state index is 0.181. The summed E-state index contributed by atoms with van der Waals surface area (Å²) in [4.78, 5) is 0. The fraction of sp³-hybridized carbons (Fsp3) is 0.158. The Morgan fingerprint density at radius 3 is 2.54 bits per heavy atom. The first kappa shape index (κ1) is 16.5. The van der Waals surface area contributed by atoms with Crippen molar-refractivity contribution in [3.8, 4) is 28.3 Å². The molecule has 7 heteroatoms. The number of furan rings is 1. The number of ether oxygens (including phenoxy) is 1. The highest BCUT2D eigenvalue weighted by Crippen LogP contribution is 2.34. The highest BCUT2D eigenvalue weighted by atomic mass is 32.2. The Labute approximate surface area is 152 Å². The van der Waals surface area contributed by atoms with Crippen molar-refractivity contribution in [2.24, 2.45) is 0 Å². The van der Waals surface area contributed by atoms with E-state index in [2.05, 4.69) is 10.2 Å². The van der Waals surface area contributed by atoms with Gasteiger partial charge in [-0.05, 0) is 35.9 Å². The van der Waals surface area contributed by atoms with E-state index in [1.807, 2.05) is 42.5 Å². The maximum absolute atomic E-state index is 11.1. The summed E-state index contributed by atoms with van der Waals surface area (Å²) in [6.45, 7) is 1.76. The van der Waals surface area contributed by atoms with Crippen LogP contribution in [-0.2, 0) is 10.8 Å². The van der Waals surface area contributed by atoms with E-state index in [9.17, 15) is 4.21 Å². The van der Waals surface area contributed by atoms with Crippen LogP contribution in [0.3, 0.4) is 0 Å². The van der Waals surface area contributed by atoms with Crippen molar-refractivity contribution >= 4 is 21.8 Å². The molecule has 4 aromatic rings. The molecule has 132 valence electrons. The molecular weight excluding hydrogens is 352 g/mol. The largest absolute Gasteiger partial charge is 0.480 e. The molecule has 1 unspecified atom stereocenters. The van der Waals surface area contributed by atoms with Crippen LogP contribution in [-0.4, -0.2) is 26.6 Å². The minimum Gasteiger partial charge on any atom is -0.480 e. The molecular formula is C19H16N2O4S. The summed E-state index contributed by atoms with van der Waals surface area (Å²) >= 11 is 0. The Bertz CT molecular complexity index is 1080. The molecule has 26 heavy (non-hydrogen) atoms. The number of benzene rings is 2. The number of nitrogens with zero attached hydrogens (tertiary/aromatic N) is 2. The van der Waals surface area contributed by atoms with E-state index in [4.69, 9.17) is 13.6 Å². The maximum atomic E-state index is 11.1. The first-order valence-electron chi connectivity index (χ1n) is 7.95. The van der Waals surface area contributed by atoms with Gasteiger partial charge in [0.25, 0.3) is 0 Å². The standard InChI is InChI=1S/C19H16N2O4S/c1-12-20-21-19(25-12)14-5-8-18-16(9-14)17(10-23-18)13-3-6-15(7-4-13)24-11-26(2)22/h3-10H,11H2,1-2H3. The molecule has 1 atom stereocenters. The van der Waals surface area contributed by atoms with E-state index in [1.165, 1.54) is 0 Å². The van der Waals surface area contributed by atoms with E-state index in [-0.39, 0.29) is 5.94 Å². The Kier molecular flexibility index (Phi) is 4.30. The number of aromatic nitrogens is 2. The summed E-state index contributed by atoms with van der Waals surface area (Å²) < 4.78 is 27.8. The van der Waals surface area contributed by atoms with Crippen LogP contribution in [0.5, 0.6) is 5.75 Å². The summed E-state index contributed by atoms with van der Waals surface area (Å²) in [6, 6.07) is 13.4. The zero-order valence-corrected chi connectivity index (χ0v) is 15.1. The molecule has 0 spiro atoms. The van der Waals surface area contributed by atoms with Crippen LogP contribution in [0.2, 0.25) is 0 Å². The Morgan fingerprint density at radius 1 is 1.08 bits per heavy atom. The molecule has 2 heterocycles. The molecule has 0 radical (unpaired) electrons. The maximum Gasteiger partial charge on any atom is 0.247 e. The van der Waals surface area contributed by atoms with Crippen LogP contribution in [0.25, 0.3) is 33.6 Å². The number of hydrogen-bond acceptors (Lipinski definition) is 6. The van der Waals surface area contributed by atoms with Crippen LogP contribution < -0.4 is 4.74 Å². The number of rotatable bonds is 5. The van der Waals surface area contributed by atoms with E-state index >= 15 is 0 Å². The fourth-order valence-electron chi connectivity index (χ4n) is 2.68. The third-order valence-corrected chi connectivity index (χ3v) is 4.35. The molecule has 0 N–H and O–H groups in total. The van der Waals surface area contributed by atoms with Crippen molar-refractivity contribution < 1.29 is 17.8 Å². The van der Waals surface area contributed by atoms with E-state index in [0.29, 0.717) is 17.5 Å². The molecule has 4 rings (SSSR count). The first-order chi connectivity index (χ1) is 12.6. The Morgan fingerprint density at radius 2 is 1.85 bits per heavy atom. The van der Waals surface area contributed by atoms with Gasteiger partial charge >= 0.3 is 0 Å². The lowest BCUT2D eigenvalue weighted by atomic mass is 10.0. The second-order valence-corrected chi connectivity index (χ2v) is 7.23. The van der Waals surface area contributed by atoms with Gasteiger partial charge in [-0.3, -0.25) is 4.21 Å².